The minimum absolute atomic E-state index is 0.493. The molecule has 34 heavy (non-hydrogen) atoms. The summed E-state index contributed by atoms with van der Waals surface area (Å²) in [5, 5.41) is 16.3. The first-order valence-corrected chi connectivity index (χ1v) is 12.6. The van der Waals surface area contributed by atoms with E-state index in [4.69, 9.17) is 9.47 Å². The van der Waals surface area contributed by atoms with Gasteiger partial charge in [-0.15, -0.1) is 5.10 Å². The first-order valence-electron chi connectivity index (χ1n) is 10.9. The van der Waals surface area contributed by atoms with Crippen molar-refractivity contribution in [1.82, 2.24) is 25.5 Å². The highest BCUT2D eigenvalue weighted by atomic mass is 79.9. The van der Waals surface area contributed by atoms with Gasteiger partial charge in [0.1, 0.15) is 6.61 Å². The van der Waals surface area contributed by atoms with Crippen molar-refractivity contribution < 1.29 is 9.47 Å². The highest BCUT2D eigenvalue weighted by molar-refractivity contribution is 9.10. The van der Waals surface area contributed by atoms with E-state index in [9.17, 15) is 0 Å². The maximum atomic E-state index is 6.06. The zero-order valence-corrected chi connectivity index (χ0v) is 21.5. The molecule has 0 spiro atoms. The van der Waals surface area contributed by atoms with Gasteiger partial charge in [-0.25, -0.2) is 0 Å². The van der Waals surface area contributed by atoms with Crippen molar-refractivity contribution in [3.63, 3.8) is 0 Å². The van der Waals surface area contributed by atoms with Gasteiger partial charge in [0.15, 0.2) is 11.5 Å². The summed E-state index contributed by atoms with van der Waals surface area (Å²) < 4.78 is 14.4. The van der Waals surface area contributed by atoms with Crippen molar-refractivity contribution in [3.8, 4) is 17.2 Å². The number of hydrogen-bond acceptors (Lipinski definition) is 7. The van der Waals surface area contributed by atoms with Crippen LogP contribution >= 0.6 is 27.7 Å². The van der Waals surface area contributed by atoms with E-state index in [1.165, 1.54) is 5.56 Å². The largest absolute Gasteiger partial charge is 0.493 e. The molecule has 9 heteroatoms. The lowest BCUT2D eigenvalue weighted by molar-refractivity contribution is 0.283. The van der Waals surface area contributed by atoms with Gasteiger partial charge in [0.05, 0.1) is 12.8 Å². The molecule has 0 amide bonds. The van der Waals surface area contributed by atoms with Crippen LogP contribution in [0, 0.1) is 6.92 Å². The summed E-state index contributed by atoms with van der Waals surface area (Å²) in [4.78, 5) is 0. The molecule has 1 aromatic heterocycles. The maximum absolute atomic E-state index is 6.06. The first kappa shape index (κ1) is 24.3. The fraction of sp³-hybridized carbons (Fsp3) is 0.240. The minimum atomic E-state index is 0.493. The molecule has 0 bridgehead atoms. The van der Waals surface area contributed by atoms with Gasteiger partial charge < -0.3 is 14.8 Å². The van der Waals surface area contributed by atoms with Gasteiger partial charge in [-0.05, 0) is 58.3 Å². The topological polar surface area (TPSA) is 74.1 Å². The molecule has 0 fully saturated rings. The molecule has 0 saturated heterocycles. The van der Waals surface area contributed by atoms with Crippen LogP contribution in [0.15, 0.2) is 76.4 Å². The second kappa shape index (κ2) is 12.0. The number of methoxy groups -OCH3 is 1. The van der Waals surface area contributed by atoms with Gasteiger partial charge in [-0.2, -0.15) is 4.68 Å². The van der Waals surface area contributed by atoms with Crippen LogP contribution in [0.5, 0.6) is 11.5 Å². The van der Waals surface area contributed by atoms with Crippen molar-refractivity contribution in [2.24, 2.45) is 0 Å². The number of hydrogen-bond donors (Lipinski definition) is 1. The van der Waals surface area contributed by atoms with Crippen LogP contribution < -0.4 is 14.8 Å². The van der Waals surface area contributed by atoms with Crippen LogP contribution in [0.3, 0.4) is 0 Å². The summed E-state index contributed by atoms with van der Waals surface area (Å²) in [6.45, 7) is 4.07. The second-order valence-electron chi connectivity index (χ2n) is 7.54. The number of para-hydroxylation sites is 1. The number of rotatable bonds is 11. The molecule has 1 N–H and O–H groups in total. The van der Waals surface area contributed by atoms with Crippen LogP contribution in [-0.2, 0) is 13.2 Å². The van der Waals surface area contributed by atoms with Crippen molar-refractivity contribution in [1.29, 1.82) is 0 Å². The lowest BCUT2D eigenvalue weighted by atomic mass is 10.1. The zero-order valence-electron chi connectivity index (χ0n) is 19.1. The van der Waals surface area contributed by atoms with E-state index < -0.39 is 0 Å². The van der Waals surface area contributed by atoms with Gasteiger partial charge in [0, 0.05) is 23.3 Å². The van der Waals surface area contributed by atoms with Gasteiger partial charge >= 0.3 is 0 Å². The molecule has 176 valence electrons. The summed E-state index contributed by atoms with van der Waals surface area (Å²) >= 11 is 5.29. The quantitative estimate of drug-likeness (QED) is 0.207. The molecular weight excluding hydrogens is 514 g/mol. The summed E-state index contributed by atoms with van der Waals surface area (Å²) in [5.74, 6) is 2.26. The van der Waals surface area contributed by atoms with Gasteiger partial charge in [0.2, 0.25) is 5.16 Å². The molecular formula is C25H26BrN5O2S. The number of nitrogens with one attached hydrogen (secondary N) is 1. The Kier molecular flexibility index (Phi) is 8.56. The monoisotopic (exact) mass is 539 g/mol. The fourth-order valence-electron chi connectivity index (χ4n) is 3.35. The lowest BCUT2D eigenvalue weighted by Gasteiger charge is -2.15. The first-order chi connectivity index (χ1) is 16.7. The molecule has 4 aromatic rings. The van der Waals surface area contributed by atoms with E-state index in [-0.39, 0.29) is 0 Å². The Balaban J connectivity index is 1.30. The summed E-state index contributed by atoms with van der Waals surface area (Å²) in [7, 11) is 1.66. The molecule has 0 radical (unpaired) electrons. The molecule has 0 saturated carbocycles. The van der Waals surface area contributed by atoms with Crippen LogP contribution in [0.1, 0.15) is 16.7 Å². The summed E-state index contributed by atoms with van der Waals surface area (Å²) in [5.41, 5.74) is 4.40. The van der Waals surface area contributed by atoms with Gasteiger partial charge in [-0.1, -0.05) is 70.2 Å². The van der Waals surface area contributed by atoms with Crippen molar-refractivity contribution in [2.45, 2.75) is 25.2 Å². The number of halogens is 1. The third kappa shape index (κ3) is 6.16. The molecule has 1 heterocycles. The molecule has 0 aliphatic heterocycles. The number of nitrogens with zero attached hydrogens (tertiary/aromatic N) is 4. The molecule has 0 aliphatic carbocycles. The number of benzene rings is 3. The molecule has 4 rings (SSSR count). The highest BCUT2D eigenvalue weighted by Crippen LogP contribution is 2.34. The van der Waals surface area contributed by atoms with Crippen molar-refractivity contribution in [2.75, 3.05) is 19.4 Å². The summed E-state index contributed by atoms with van der Waals surface area (Å²) in [6.07, 6.45) is 0. The number of thioether (sulfide) groups is 1. The van der Waals surface area contributed by atoms with Crippen LogP contribution in [0.2, 0.25) is 0 Å². The molecule has 0 unspecified atom stereocenters. The molecule has 3 aromatic carbocycles. The molecule has 0 aliphatic rings. The zero-order chi connectivity index (χ0) is 23.8. The van der Waals surface area contributed by atoms with E-state index in [1.807, 2.05) is 54.6 Å². The van der Waals surface area contributed by atoms with E-state index >= 15 is 0 Å². The Hall–Kier alpha value is -2.88. The van der Waals surface area contributed by atoms with Crippen molar-refractivity contribution >= 4 is 27.7 Å². The summed E-state index contributed by atoms with van der Waals surface area (Å²) in [6, 6.07) is 22.1. The Morgan fingerprint density at radius 3 is 2.59 bits per heavy atom. The number of tetrazole rings is 1. The van der Waals surface area contributed by atoms with Crippen LogP contribution in [-0.4, -0.2) is 39.6 Å². The fourth-order valence-corrected chi connectivity index (χ4v) is 4.60. The Bertz CT molecular complexity index is 1220. The Labute approximate surface area is 212 Å². The Morgan fingerprint density at radius 2 is 1.79 bits per heavy atom. The number of ether oxygens (including phenoxy) is 2. The van der Waals surface area contributed by atoms with Crippen LogP contribution in [0.25, 0.3) is 5.69 Å². The van der Waals surface area contributed by atoms with E-state index in [0.29, 0.717) is 24.7 Å². The molecule has 0 atom stereocenters. The van der Waals surface area contributed by atoms with Gasteiger partial charge in [-0.3, -0.25) is 0 Å². The lowest BCUT2D eigenvalue weighted by Crippen LogP contribution is -2.17. The van der Waals surface area contributed by atoms with E-state index in [2.05, 4.69) is 55.8 Å². The number of aromatic nitrogens is 4. The second-order valence-corrected chi connectivity index (χ2v) is 9.46. The smallest absolute Gasteiger partial charge is 0.214 e. The van der Waals surface area contributed by atoms with Crippen molar-refractivity contribution in [3.05, 3.63) is 87.9 Å². The predicted molar refractivity (Wildman–Crippen MR) is 138 cm³/mol. The Morgan fingerprint density at radius 1 is 1.00 bits per heavy atom. The maximum Gasteiger partial charge on any atom is 0.214 e. The third-order valence-corrected chi connectivity index (χ3v) is 6.90. The van der Waals surface area contributed by atoms with Gasteiger partial charge in [0.25, 0.3) is 0 Å². The average molecular weight is 540 g/mol. The third-order valence-electron chi connectivity index (χ3n) is 5.24. The van der Waals surface area contributed by atoms with E-state index in [0.717, 1.165) is 38.7 Å². The van der Waals surface area contributed by atoms with Crippen LogP contribution in [0.4, 0.5) is 0 Å². The predicted octanol–water partition coefficient (Wildman–Crippen LogP) is 5.20. The molecule has 7 nitrogen and oxygen atoms in total. The standard InChI is InChI=1S/C25H26BrN5O2S/c1-18-8-6-7-9-19(18)17-33-24-15-22(26)20(14-23(24)32-2)16-27-12-13-34-25-28-29-30-31(25)21-10-4-3-5-11-21/h3-11,14-15,27H,12-13,16-17H2,1-2H3. The minimum Gasteiger partial charge on any atom is -0.493 e. The average Bonchev–Trinajstić information content (AvgIpc) is 3.33. The number of aryl methyl sites for hydroxylation is 1. The highest BCUT2D eigenvalue weighted by Gasteiger charge is 2.12. The normalized spacial score (nSPS) is 10.9. The van der Waals surface area contributed by atoms with E-state index in [1.54, 1.807) is 23.6 Å². The SMILES string of the molecule is COc1cc(CNCCSc2nnnn2-c2ccccc2)c(Br)cc1OCc1ccccc1C.